The maximum Gasteiger partial charge on any atom is 0.0760 e. The van der Waals surface area contributed by atoms with E-state index >= 15 is 0 Å². The number of hydrogen-bond acceptors (Lipinski definition) is 1. The van der Waals surface area contributed by atoms with Crippen LogP contribution in [0.1, 0.15) is 5.56 Å². The van der Waals surface area contributed by atoms with Crippen molar-refractivity contribution >= 4 is 36.5 Å². The van der Waals surface area contributed by atoms with Crippen LogP contribution in [0, 0.1) is 0 Å². The predicted molar refractivity (Wildman–Crippen MR) is 59.6 cm³/mol. The van der Waals surface area contributed by atoms with E-state index in [1.807, 2.05) is 18.2 Å². The van der Waals surface area contributed by atoms with Crippen LogP contribution in [0.15, 0.2) is 33.7 Å². The summed E-state index contributed by atoms with van der Waals surface area (Å²) in [5.41, 5.74) is 1.24. The van der Waals surface area contributed by atoms with Gasteiger partial charge in [0.15, 0.2) is 0 Å². The SMILES string of the molecule is O=S1C([SiH3])=C([SiH3])c2ccccc21. The van der Waals surface area contributed by atoms with E-state index in [0.717, 1.165) is 25.4 Å². The molecule has 1 heterocycles. The summed E-state index contributed by atoms with van der Waals surface area (Å²) in [6, 6.07) is 8.05. The van der Waals surface area contributed by atoms with E-state index in [9.17, 15) is 4.21 Å². The van der Waals surface area contributed by atoms with Gasteiger partial charge in [-0.3, -0.25) is 0 Å². The maximum atomic E-state index is 11.7. The minimum atomic E-state index is -0.797. The number of rotatable bonds is 0. The summed E-state index contributed by atoms with van der Waals surface area (Å²) in [4.78, 5) is 1.03. The molecule has 1 nitrogen and oxygen atoms in total. The zero-order chi connectivity index (χ0) is 8.72. The molecular formula is C8H10OSSi2. The molecule has 0 fully saturated rings. The van der Waals surface area contributed by atoms with Crippen LogP contribution in [0.5, 0.6) is 0 Å². The molecule has 0 radical (unpaired) electrons. The lowest BCUT2D eigenvalue weighted by Gasteiger charge is -1.96. The lowest BCUT2D eigenvalue weighted by molar-refractivity contribution is 0.688. The van der Waals surface area contributed by atoms with Crippen molar-refractivity contribution in [1.82, 2.24) is 0 Å². The molecule has 62 valence electrons. The van der Waals surface area contributed by atoms with Gasteiger partial charge in [-0.25, -0.2) is 4.21 Å². The number of hydrogen-bond donors (Lipinski definition) is 0. The van der Waals surface area contributed by atoms with E-state index in [1.165, 1.54) is 15.3 Å². The quantitative estimate of drug-likeness (QED) is 0.511. The van der Waals surface area contributed by atoms with Gasteiger partial charge in [0, 0.05) is 10.2 Å². The van der Waals surface area contributed by atoms with Crippen molar-refractivity contribution in [2.45, 2.75) is 4.90 Å². The van der Waals surface area contributed by atoms with Crippen molar-refractivity contribution in [3.8, 4) is 0 Å². The minimum absolute atomic E-state index is 0.797. The third-order valence-corrected chi connectivity index (χ3v) is 8.43. The van der Waals surface area contributed by atoms with E-state index in [1.54, 1.807) is 0 Å². The topological polar surface area (TPSA) is 17.1 Å². The molecule has 2 rings (SSSR count). The largest absolute Gasteiger partial charge is 0.250 e. The Hall–Kier alpha value is -0.456. The highest BCUT2D eigenvalue weighted by Gasteiger charge is 2.21. The van der Waals surface area contributed by atoms with Crippen molar-refractivity contribution in [2.24, 2.45) is 0 Å². The first-order valence-electron chi connectivity index (χ1n) is 3.90. The van der Waals surface area contributed by atoms with Crippen LogP contribution < -0.4 is 0 Å². The lowest BCUT2D eigenvalue weighted by Crippen LogP contribution is -1.89. The third-order valence-electron chi connectivity index (χ3n) is 2.30. The second kappa shape index (κ2) is 2.79. The van der Waals surface area contributed by atoms with Crippen LogP contribution in [0.4, 0.5) is 0 Å². The molecule has 0 aromatic heterocycles. The van der Waals surface area contributed by atoms with Gasteiger partial charge in [-0.15, -0.1) is 0 Å². The Labute approximate surface area is 80.2 Å². The average molecular weight is 210 g/mol. The van der Waals surface area contributed by atoms with E-state index in [0.29, 0.717) is 0 Å². The minimum Gasteiger partial charge on any atom is -0.250 e. The van der Waals surface area contributed by atoms with Crippen LogP contribution >= 0.6 is 0 Å². The molecule has 0 saturated heterocycles. The van der Waals surface area contributed by atoms with Crippen LogP contribution in [0.25, 0.3) is 5.20 Å². The zero-order valence-corrected chi connectivity index (χ0v) is 11.9. The summed E-state index contributed by atoms with van der Waals surface area (Å²) >= 11 is 0. The van der Waals surface area contributed by atoms with Crippen molar-refractivity contribution < 1.29 is 4.21 Å². The highest BCUT2D eigenvalue weighted by Crippen LogP contribution is 2.32. The van der Waals surface area contributed by atoms with Gasteiger partial charge in [0.25, 0.3) is 0 Å². The Morgan fingerprint density at radius 1 is 1.17 bits per heavy atom. The molecule has 0 aliphatic carbocycles. The molecule has 0 amide bonds. The van der Waals surface area contributed by atoms with E-state index in [-0.39, 0.29) is 0 Å². The molecule has 1 aromatic carbocycles. The summed E-state index contributed by atoms with van der Waals surface area (Å²) in [5.74, 6) is 0. The molecule has 4 heteroatoms. The van der Waals surface area contributed by atoms with E-state index < -0.39 is 10.8 Å². The van der Waals surface area contributed by atoms with Crippen molar-refractivity contribution in [3.63, 3.8) is 0 Å². The summed E-state index contributed by atoms with van der Waals surface area (Å²) in [7, 11) is 1.16. The molecule has 0 spiro atoms. The Morgan fingerprint density at radius 3 is 2.50 bits per heavy atom. The first-order valence-corrected chi connectivity index (χ1v) is 7.05. The third kappa shape index (κ3) is 0.989. The molecule has 1 aliphatic heterocycles. The molecule has 0 saturated carbocycles. The van der Waals surface area contributed by atoms with Gasteiger partial charge in [-0.1, -0.05) is 23.4 Å². The van der Waals surface area contributed by atoms with Crippen molar-refractivity contribution in [3.05, 3.63) is 34.4 Å². The Bertz CT molecular complexity index is 398. The predicted octanol–water partition coefficient (Wildman–Crippen LogP) is -0.835. The molecular weight excluding hydrogens is 200 g/mol. The van der Waals surface area contributed by atoms with Crippen LogP contribution in [-0.2, 0) is 10.8 Å². The molecule has 12 heavy (non-hydrogen) atoms. The van der Waals surface area contributed by atoms with Gasteiger partial charge in [-0.05, 0) is 16.2 Å². The van der Waals surface area contributed by atoms with Crippen LogP contribution in [0.3, 0.4) is 0 Å². The van der Waals surface area contributed by atoms with Gasteiger partial charge in [-0.2, -0.15) is 0 Å². The molecule has 1 aliphatic rings. The first kappa shape index (κ1) is 8.16. The number of benzene rings is 1. The van der Waals surface area contributed by atoms with Crippen molar-refractivity contribution in [1.29, 1.82) is 0 Å². The maximum absolute atomic E-state index is 11.7. The summed E-state index contributed by atoms with van der Waals surface area (Å²) in [6.07, 6.45) is 0. The Morgan fingerprint density at radius 2 is 1.83 bits per heavy atom. The number of fused-ring (bicyclic) bond motifs is 1. The molecule has 1 unspecified atom stereocenters. The normalized spacial score (nSPS) is 21.8. The molecule has 0 N–H and O–H groups in total. The van der Waals surface area contributed by atoms with Gasteiger partial charge in [0.05, 0.1) is 25.9 Å². The van der Waals surface area contributed by atoms with Crippen LogP contribution in [-0.4, -0.2) is 24.7 Å². The monoisotopic (exact) mass is 210 g/mol. The second-order valence-corrected chi connectivity index (χ2v) is 7.26. The van der Waals surface area contributed by atoms with Gasteiger partial charge in [0.2, 0.25) is 0 Å². The summed E-state index contributed by atoms with van der Waals surface area (Å²) < 4.78 is 12.9. The van der Waals surface area contributed by atoms with E-state index in [4.69, 9.17) is 0 Å². The first-order chi connectivity index (χ1) is 5.72. The Kier molecular flexibility index (Phi) is 1.90. The van der Waals surface area contributed by atoms with Crippen molar-refractivity contribution in [2.75, 3.05) is 0 Å². The van der Waals surface area contributed by atoms with Gasteiger partial charge in [0.1, 0.15) is 0 Å². The summed E-state index contributed by atoms with van der Waals surface area (Å²) in [5, 5.41) is 1.37. The highest BCUT2D eigenvalue weighted by molar-refractivity contribution is 7.91. The van der Waals surface area contributed by atoms with Gasteiger partial charge < -0.3 is 0 Å². The Balaban J connectivity index is 2.73. The standard InChI is InChI=1S/C8H10OSSi2/c9-10-6-4-2-1-3-5(6)7(11)8(10)12/h1-4H,11-12H3. The fraction of sp³-hybridized carbons (Fsp3) is 0. The molecule has 0 bridgehead atoms. The highest BCUT2D eigenvalue weighted by atomic mass is 32.2. The van der Waals surface area contributed by atoms with Crippen LogP contribution in [0.2, 0.25) is 0 Å². The fourth-order valence-electron chi connectivity index (χ4n) is 1.43. The molecule has 1 aromatic rings. The molecule has 1 atom stereocenters. The smallest absolute Gasteiger partial charge is 0.0760 e. The summed E-state index contributed by atoms with van der Waals surface area (Å²) in [6.45, 7) is 0. The fourth-order valence-corrected chi connectivity index (χ4v) is 4.88. The van der Waals surface area contributed by atoms with Gasteiger partial charge >= 0.3 is 0 Å². The average Bonchev–Trinajstić information content (AvgIpc) is 2.33. The zero-order valence-electron chi connectivity index (χ0n) is 7.13. The van der Waals surface area contributed by atoms with E-state index in [2.05, 4.69) is 6.07 Å². The lowest BCUT2D eigenvalue weighted by atomic mass is 10.2. The second-order valence-electron chi connectivity index (χ2n) is 2.95.